The number of aliphatic hydroxyl groups excluding tert-OH is 1. The van der Waals surface area contributed by atoms with Gasteiger partial charge in [0.15, 0.2) is 0 Å². The molecule has 18 heavy (non-hydrogen) atoms. The number of esters is 1. The lowest BCUT2D eigenvalue weighted by molar-refractivity contribution is -0.139. The van der Waals surface area contributed by atoms with Gasteiger partial charge in [0.25, 0.3) is 0 Å². The molecule has 1 N–H and O–H groups in total. The molecule has 4 heteroatoms. The highest BCUT2D eigenvalue weighted by molar-refractivity contribution is 5.70. The number of rotatable bonds is 4. The molecule has 0 unspecified atom stereocenters. The molecule has 0 aliphatic heterocycles. The first-order valence-electron chi connectivity index (χ1n) is 5.50. The molecule has 1 aromatic rings. The summed E-state index contributed by atoms with van der Waals surface area (Å²) in [5.74, 6) is -0.332. The third-order valence-electron chi connectivity index (χ3n) is 1.95. The van der Waals surface area contributed by atoms with Gasteiger partial charge in [-0.25, -0.2) is 0 Å². The highest BCUT2D eigenvalue weighted by Crippen LogP contribution is 1.97. The Morgan fingerprint density at radius 2 is 2.11 bits per heavy atom. The molecular formula is C14H17NO3. The number of carbonyl (C=O) groups excluding carboxylic acids is 1. The van der Waals surface area contributed by atoms with Crippen molar-refractivity contribution in [1.82, 2.24) is 0 Å². The fourth-order valence-corrected chi connectivity index (χ4v) is 1.06. The van der Waals surface area contributed by atoms with Crippen LogP contribution in [0.3, 0.4) is 0 Å². The maximum atomic E-state index is 10.3. The lowest BCUT2D eigenvalue weighted by Crippen LogP contribution is -1.96. The van der Waals surface area contributed by atoms with Crippen LogP contribution in [0.4, 0.5) is 0 Å². The second kappa shape index (κ2) is 11.4. The van der Waals surface area contributed by atoms with Crippen LogP contribution >= 0.6 is 0 Å². The summed E-state index contributed by atoms with van der Waals surface area (Å²) in [6.45, 7) is 0.240. The van der Waals surface area contributed by atoms with Gasteiger partial charge in [-0.05, 0) is 12.0 Å². The summed E-state index contributed by atoms with van der Waals surface area (Å²) in [5.41, 5.74) is 1.19. The molecule has 1 aromatic carbocycles. The van der Waals surface area contributed by atoms with E-state index in [1.165, 1.54) is 24.8 Å². The number of aliphatic hydroxyl groups is 1. The third-order valence-corrected chi connectivity index (χ3v) is 1.95. The molecular weight excluding hydrogens is 230 g/mol. The summed E-state index contributed by atoms with van der Waals surface area (Å²) in [7, 11) is 1.31. The summed E-state index contributed by atoms with van der Waals surface area (Å²) >= 11 is 0. The van der Waals surface area contributed by atoms with Crippen LogP contribution in [0.2, 0.25) is 0 Å². The molecule has 0 aliphatic carbocycles. The zero-order valence-corrected chi connectivity index (χ0v) is 10.4. The molecule has 0 aliphatic rings. The number of nitrogens with zero attached hydrogens (tertiary/aromatic N) is 1. The van der Waals surface area contributed by atoms with Gasteiger partial charge in [-0.15, -0.1) is 0 Å². The minimum atomic E-state index is -0.332. The van der Waals surface area contributed by atoms with Crippen molar-refractivity contribution in [1.29, 1.82) is 5.26 Å². The zero-order chi connectivity index (χ0) is 13.6. The average molecular weight is 247 g/mol. The Morgan fingerprint density at radius 1 is 1.44 bits per heavy atom. The van der Waals surface area contributed by atoms with E-state index in [-0.39, 0.29) is 19.0 Å². The predicted molar refractivity (Wildman–Crippen MR) is 68.6 cm³/mol. The normalized spacial score (nSPS) is 9.17. The molecule has 0 aromatic heterocycles. The number of hydrogen-bond acceptors (Lipinski definition) is 4. The molecule has 0 heterocycles. The van der Waals surface area contributed by atoms with E-state index in [1.54, 1.807) is 6.07 Å². The van der Waals surface area contributed by atoms with Crippen LogP contribution in [0.1, 0.15) is 12.0 Å². The van der Waals surface area contributed by atoms with Crippen molar-refractivity contribution in [3.8, 4) is 6.07 Å². The predicted octanol–water partition coefficient (Wildman–Crippen LogP) is 1.85. The van der Waals surface area contributed by atoms with Gasteiger partial charge in [0.1, 0.15) is 0 Å². The summed E-state index contributed by atoms with van der Waals surface area (Å²) in [4.78, 5) is 10.3. The van der Waals surface area contributed by atoms with Gasteiger partial charge in [-0.2, -0.15) is 5.26 Å². The van der Waals surface area contributed by atoms with Crippen molar-refractivity contribution < 1.29 is 14.6 Å². The van der Waals surface area contributed by atoms with Crippen LogP contribution in [0.15, 0.2) is 42.5 Å². The van der Waals surface area contributed by atoms with Crippen molar-refractivity contribution >= 4 is 5.97 Å². The highest BCUT2D eigenvalue weighted by atomic mass is 16.5. The quantitative estimate of drug-likeness (QED) is 0.651. The van der Waals surface area contributed by atoms with Gasteiger partial charge in [-0.1, -0.05) is 36.4 Å². The Bertz CT molecular complexity index is 393. The molecule has 0 saturated heterocycles. The molecule has 0 amide bonds. The van der Waals surface area contributed by atoms with E-state index >= 15 is 0 Å². The van der Waals surface area contributed by atoms with E-state index in [0.29, 0.717) is 0 Å². The van der Waals surface area contributed by atoms with E-state index < -0.39 is 0 Å². The number of carbonyl (C=O) groups is 1. The maximum absolute atomic E-state index is 10.3. The summed E-state index contributed by atoms with van der Waals surface area (Å²) in [6.07, 6.45) is 3.63. The van der Waals surface area contributed by atoms with Gasteiger partial charge < -0.3 is 9.84 Å². The van der Waals surface area contributed by atoms with E-state index in [4.69, 9.17) is 10.4 Å². The van der Waals surface area contributed by atoms with Crippen LogP contribution in [0, 0.1) is 11.3 Å². The van der Waals surface area contributed by atoms with Gasteiger partial charge in [-0.3, -0.25) is 4.79 Å². The van der Waals surface area contributed by atoms with Crippen LogP contribution in [-0.4, -0.2) is 24.8 Å². The van der Waals surface area contributed by atoms with Crippen LogP contribution in [-0.2, 0) is 16.0 Å². The molecule has 1 rings (SSSR count). The first-order chi connectivity index (χ1) is 8.74. The summed E-state index contributed by atoms with van der Waals surface area (Å²) in [5, 5.41) is 16.5. The van der Waals surface area contributed by atoms with E-state index in [2.05, 4.69) is 4.74 Å². The second-order valence-electron chi connectivity index (χ2n) is 3.27. The minimum Gasteiger partial charge on any atom is -0.469 e. The first-order valence-corrected chi connectivity index (χ1v) is 5.50. The SMILES string of the molecule is COC(=O)CC=CC#N.OCCc1ccccc1. The molecule has 0 atom stereocenters. The molecule has 0 bridgehead atoms. The zero-order valence-electron chi connectivity index (χ0n) is 10.4. The van der Waals surface area contributed by atoms with Crippen molar-refractivity contribution in [2.45, 2.75) is 12.8 Å². The largest absolute Gasteiger partial charge is 0.469 e. The smallest absolute Gasteiger partial charge is 0.309 e. The number of methoxy groups -OCH3 is 1. The lowest BCUT2D eigenvalue weighted by atomic mass is 10.2. The maximum Gasteiger partial charge on any atom is 0.309 e. The van der Waals surface area contributed by atoms with E-state index in [1.807, 2.05) is 30.3 Å². The fourth-order valence-electron chi connectivity index (χ4n) is 1.06. The van der Waals surface area contributed by atoms with Crippen molar-refractivity contribution in [2.24, 2.45) is 0 Å². The Labute approximate surface area is 107 Å². The van der Waals surface area contributed by atoms with E-state index in [9.17, 15) is 4.79 Å². The Balaban J connectivity index is 0.000000321. The first kappa shape index (κ1) is 15.9. The molecule has 0 radical (unpaired) electrons. The number of benzene rings is 1. The number of allylic oxidation sites excluding steroid dienone is 1. The lowest BCUT2D eigenvalue weighted by Gasteiger charge is -1.93. The fraction of sp³-hybridized carbons (Fsp3) is 0.286. The Morgan fingerprint density at radius 3 is 2.61 bits per heavy atom. The standard InChI is InChI=1S/C8H10O.C6H7NO2/c9-7-6-8-4-2-1-3-5-8;1-9-6(8)4-2-3-5-7/h1-5,9H,6-7H2;2-3H,4H2,1H3. The topological polar surface area (TPSA) is 70.3 Å². The van der Waals surface area contributed by atoms with Gasteiger partial charge in [0.2, 0.25) is 0 Å². The van der Waals surface area contributed by atoms with Gasteiger partial charge in [0, 0.05) is 12.7 Å². The highest BCUT2D eigenvalue weighted by Gasteiger charge is 1.91. The average Bonchev–Trinajstić information content (AvgIpc) is 2.41. The van der Waals surface area contributed by atoms with E-state index in [0.717, 1.165) is 6.42 Å². The molecule has 0 fully saturated rings. The minimum absolute atomic E-state index is 0.171. The van der Waals surface area contributed by atoms with Crippen molar-refractivity contribution in [3.05, 3.63) is 48.0 Å². The van der Waals surface area contributed by atoms with Crippen molar-refractivity contribution in [2.75, 3.05) is 13.7 Å². The Kier molecular flexibility index (Phi) is 10.0. The number of ether oxygens (including phenoxy) is 1. The summed E-state index contributed by atoms with van der Waals surface area (Å²) < 4.78 is 4.30. The van der Waals surface area contributed by atoms with Crippen molar-refractivity contribution in [3.63, 3.8) is 0 Å². The Hall–Kier alpha value is -2.12. The second-order valence-corrected chi connectivity index (χ2v) is 3.27. The van der Waals surface area contributed by atoms with Crippen LogP contribution in [0.5, 0.6) is 0 Å². The molecule has 4 nitrogen and oxygen atoms in total. The summed E-state index contributed by atoms with van der Waals surface area (Å²) in [6, 6.07) is 11.7. The van der Waals surface area contributed by atoms with Crippen LogP contribution < -0.4 is 0 Å². The molecule has 0 spiro atoms. The third kappa shape index (κ3) is 9.13. The number of nitriles is 1. The van der Waals surface area contributed by atoms with Gasteiger partial charge in [0.05, 0.1) is 19.6 Å². The molecule has 0 saturated carbocycles. The van der Waals surface area contributed by atoms with Gasteiger partial charge >= 0.3 is 5.97 Å². The van der Waals surface area contributed by atoms with Crippen LogP contribution in [0.25, 0.3) is 0 Å². The monoisotopic (exact) mass is 247 g/mol. The number of hydrogen-bond donors (Lipinski definition) is 1. The molecule has 96 valence electrons.